The van der Waals surface area contributed by atoms with Crippen LogP contribution in [0.1, 0.15) is 57.6 Å². The summed E-state index contributed by atoms with van der Waals surface area (Å²) in [5, 5.41) is 0. The van der Waals surface area contributed by atoms with Gasteiger partial charge in [0.15, 0.2) is 0 Å². The number of halogens is 1. The van der Waals surface area contributed by atoms with Gasteiger partial charge in [0.1, 0.15) is 5.82 Å². The van der Waals surface area contributed by atoms with E-state index in [0.717, 1.165) is 24.0 Å². The molecule has 0 radical (unpaired) electrons. The van der Waals surface area contributed by atoms with E-state index in [4.69, 9.17) is 0 Å². The molecule has 0 spiro atoms. The van der Waals surface area contributed by atoms with Crippen molar-refractivity contribution in [3.05, 3.63) is 82.2 Å². The molecule has 120 valence electrons. The molecule has 3 rings (SSSR count). The maximum Gasteiger partial charge on any atom is 0.127 e. The largest absolute Gasteiger partial charge is 0.207 e. The standard InChI is InChI=1S/C22H25F/c1-5-15-12-16-8-6-7-9-18(19(16)13-15)17-10-11-20(21(23)14-17)22(2,3)4/h6-11,13-14,18H,5,12H2,1-4H3. The Morgan fingerprint density at radius 3 is 2.61 bits per heavy atom. The molecule has 0 N–H and O–H groups in total. The molecule has 1 unspecified atom stereocenters. The highest BCUT2D eigenvalue weighted by Gasteiger charge is 2.24. The first kappa shape index (κ1) is 16.0. The molecular weight excluding hydrogens is 283 g/mol. The summed E-state index contributed by atoms with van der Waals surface area (Å²) >= 11 is 0. The summed E-state index contributed by atoms with van der Waals surface area (Å²) in [6.07, 6.45) is 13.0. The van der Waals surface area contributed by atoms with Gasteiger partial charge in [-0.3, -0.25) is 0 Å². The first-order valence-corrected chi connectivity index (χ1v) is 8.47. The minimum Gasteiger partial charge on any atom is -0.207 e. The summed E-state index contributed by atoms with van der Waals surface area (Å²) in [6.45, 7) is 8.35. The van der Waals surface area contributed by atoms with Crippen LogP contribution in [0.15, 0.2) is 65.3 Å². The van der Waals surface area contributed by atoms with Crippen molar-refractivity contribution in [1.29, 1.82) is 0 Å². The van der Waals surface area contributed by atoms with E-state index in [1.165, 1.54) is 16.7 Å². The molecule has 0 aromatic heterocycles. The Kier molecular flexibility index (Phi) is 4.14. The summed E-state index contributed by atoms with van der Waals surface area (Å²) in [5.74, 6) is 0.0491. The maximum atomic E-state index is 14.6. The van der Waals surface area contributed by atoms with Gasteiger partial charge in [-0.15, -0.1) is 0 Å². The molecule has 1 aromatic carbocycles. The van der Waals surface area contributed by atoms with Gasteiger partial charge in [-0.25, -0.2) is 4.39 Å². The van der Waals surface area contributed by atoms with Gasteiger partial charge in [-0.05, 0) is 46.6 Å². The molecule has 0 nitrogen and oxygen atoms in total. The van der Waals surface area contributed by atoms with Gasteiger partial charge in [-0.1, -0.05) is 75.8 Å². The lowest BCUT2D eigenvalue weighted by molar-refractivity contribution is 0.521. The highest BCUT2D eigenvalue weighted by Crippen LogP contribution is 2.40. The van der Waals surface area contributed by atoms with Crippen molar-refractivity contribution in [2.24, 2.45) is 0 Å². The molecule has 1 heteroatoms. The van der Waals surface area contributed by atoms with Crippen molar-refractivity contribution in [3.63, 3.8) is 0 Å². The Labute approximate surface area is 139 Å². The third-order valence-electron chi connectivity index (χ3n) is 4.81. The van der Waals surface area contributed by atoms with Crippen molar-refractivity contribution < 1.29 is 4.39 Å². The summed E-state index contributed by atoms with van der Waals surface area (Å²) < 4.78 is 14.6. The highest BCUT2D eigenvalue weighted by atomic mass is 19.1. The van der Waals surface area contributed by atoms with Gasteiger partial charge < -0.3 is 0 Å². The average molecular weight is 308 g/mol. The van der Waals surface area contributed by atoms with E-state index in [9.17, 15) is 4.39 Å². The van der Waals surface area contributed by atoms with Crippen molar-refractivity contribution in [3.8, 4) is 0 Å². The SMILES string of the molecule is CCC1=CC2=C(C=CC=CC2c2ccc(C(C)(C)C)c(F)c2)C1. The lowest BCUT2D eigenvalue weighted by Gasteiger charge is -2.22. The van der Waals surface area contributed by atoms with E-state index in [0.29, 0.717) is 0 Å². The van der Waals surface area contributed by atoms with Crippen molar-refractivity contribution in [2.75, 3.05) is 0 Å². The molecule has 1 atom stereocenters. The minimum atomic E-state index is -0.170. The molecule has 0 saturated heterocycles. The fourth-order valence-electron chi connectivity index (χ4n) is 3.46. The van der Waals surface area contributed by atoms with E-state index >= 15 is 0 Å². The maximum absolute atomic E-state index is 14.6. The zero-order chi connectivity index (χ0) is 16.6. The van der Waals surface area contributed by atoms with E-state index in [1.807, 2.05) is 6.07 Å². The molecule has 2 aliphatic rings. The third kappa shape index (κ3) is 3.10. The monoisotopic (exact) mass is 308 g/mol. The predicted octanol–water partition coefficient (Wildman–Crippen LogP) is 6.37. The Morgan fingerprint density at radius 2 is 1.96 bits per heavy atom. The Balaban J connectivity index is 2.02. The van der Waals surface area contributed by atoms with Gasteiger partial charge in [0.2, 0.25) is 0 Å². The molecule has 0 aliphatic heterocycles. The van der Waals surface area contributed by atoms with E-state index in [1.54, 1.807) is 6.07 Å². The van der Waals surface area contributed by atoms with Crippen LogP contribution in [-0.4, -0.2) is 0 Å². The highest BCUT2D eigenvalue weighted by molar-refractivity contribution is 5.54. The third-order valence-corrected chi connectivity index (χ3v) is 4.81. The topological polar surface area (TPSA) is 0 Å². The van der Waals surface area contributed by atoms with Crippen LogP contribution in [0.4, 0.5) is 4.39 Å². The molecule has 2 aliphatic carbocycles. The number of hydrogen-bond donors (Lipinski definition) is 0. The smallest absolute Gasteiger partial charge is 0.127 e. The van der Waals surface area contributed by atoms with Crippen LogP contribution < -0.4 is 0 Å². The van der Waals surface area contributed by atoms with E-state index in [2.05, 4.69) is 64.1 Å². The first-order chi connectivity index (χ1) is 10.9. The van der Waals surface area contributed by atoms with Crippen LogP contribution in [0.25, 0.3) is 0 Å². The molecule has 1 aromatic rings. The Morgan fingerprint density at radius 1 is 1.17 bits per heavy atom. The average Bonchev–Trinajstić information content (AvgIpc) is 2.79. The minimum absolute atomic E-state index is 0.0968. The van der Waals surface area contributed by atoms with Crippen LogP contribution >= 0.6 is 0 Å². The van der Waals surface area contributed by atoms with Gasteiger partial charge >= 0.3 is 0 Å². The zero-order valence-corrected chi connectivity index (χ0v) is 14.5. The molecule has 0 saturated carbocycles. The molecule has 23 heavy (non-hydrogen) atoms. The van der Waals surface area contributed by atoms with E-state index in [-0.39, 0.29) is 17.2 Å². The van der Waals surface area contributed by atoms with Crippen molar-refractivity contribution in [2.45, 2.75) is 51.9 Å². The fraction of sp³-hybridized carbons (Fsp3) is 0.364. The molecule has 0 bridgehead atoms. The fourth-order valence-corrected chi connectivity index (χ4v) is 3.46. The van der Waals surface area contributed by atoms with Crippen LogP contribution in [0, 0.1) is 5.82 Å². The van der Waals surface area contributed by atoms with Crippen LogP contribution in [0.3, 0.4) is 0 Å². The van der Waals surface area contributed by atoms with Crippen molar-refractivity contribution in [1.82, 2.24) is 0 Å². The van der Waals surface area contributed by atoms with Gasteiger partial charge in [0, 0.05) is 5.92 Å². The van der Waals surface area contributed by atoms with Gasteiger partial charge in [-0.2, -0.15) is 0 Å². The summed E-state index contributed by atoms with van der Waals surface area (Å²) in [5.41, 5.74) is 5.81. The van der Waals surface area contributed by atoms with Gasteiger partial charge in [0.05, 0.1) is 0 Å². The quantitative estimate of drug-likeness (QED) is 0.595. The normalized spacial score (nSPS) is 20.6. The Hall–Kier alpha value is -1.89. The van der Waals surface area contributed by atoms with Crippen LogP contribution in [0.2, 0.25) is 0 Å². The lowest BCUT2D eigenvalue weighted by Crippen LogP contribution is -2.14. The second-order valence-corrected chi connectivity index (χ2v) is 7.52. The first-order valence-electron chi connectivity index (χ1n) is 8.47. The number of rotatable bonds is 2. The molecule has 0 fully saturated rings. The van der Waals surface area contributed by atoms with Gasteiger partial charge in [0.25, 0.3) is 0 Å². The van der Waals surface area contributed by atoms with E-state index < -0.39 is 0 Å². The summed E-state index contributed by atoms with van der Waals surface area (Å²) in [7, 11) is 0. The summed E-state index contributed by atoms with van der Waals surface area (Å²) in [6, 6.07) is 5.77. The number of benzene rings is 1. The number of hydrogen-bond acceptors (Lipinski definition) is 0. The molecule has 0 amide bonds. The van der Waals surface area contributed by atoms with Crippen LogP contribution in [0.5, 0.6) is 0 Å². The lowest BCUT2D eigenvalue weighted by atomic mass is 9.83. The van der Waals surface area contributed by atoms with Crippen molar-refractivity contribution >= 4 is 0 Å². The molecular formula is C22H25F. The second-order valence-electron chi connectivity index (χ2n) is 7.52. The Bertz CT molecular complexity index is 736. The van der Waals surface area contributed by atoms with Crippen LogP contribution in [-0.2, 0) is 5.41 Å². The predicted molar refractivity (Wildman–Crippen MR) is 96.1 cm³/mol. The molecule has 0 heterocycles. The number of allylic oxidation sites excluding steroid dienone is 8. The second kappa shape index (κ2) is 5.96. The summed E-state index contributed by atoms with van der Waals surface area (Å²) in [4.78, 5) is 0. The zero-order valence-electron chi connectivity index (χ0n) is 14.5.